The topological polar surface area (TPSA) is 23.6 Å². The van der Waals surface area contributed by atoms with Crippen LogP contribution >= 0.6 is 0 Å². The van der Waals surface area contributed by atoms with Gasteiger partial charge in [-0.05, 0) is 57.2 Å². The summed E-state index contributed by atoms with van der Waals surface area (Å²) in [4.78, 5) is 17.1. The van der Waals surface area contributed by atoms with Crippen molar-refractivity contribution in [1.29, 1.82) is 0 Å². The van der Waals surface area contributed by atoms with Crippen molar-refractivity contribution in [1.82, 2.24) is 9.80 Å². The van der Waals surface area contributed by atoms with E-state index in [0.717, 1.165) is 57.4 Å². The molecule has 2 saturated heterocycles. The zero-order chi connectivity index (χ0) is 13.8. The van der Waals surface area contributed by atoms with E-state index in [2.05, 4.69) is 30.6 Å². The van der Waals surface area contributed by atoms with Gasteiger partial charge in [0.15, 0.2) is 0 Å². The minimum atomic E-state index is 0.304. The molecule has 0 atom stereocenters. The highest BCUT2D eigenvalue weighted by Gasteiger charge is 2.30. The molecule has 3 nitrogen and oxygen atoms in total. The molecule has 2 heterocycles. The number of carbonyl (C=O) groups excluding carboxylic acids is 1. The largest absolute Gasteiger partial charge is 0.342 e. The van der Waals surface area contributed by atoms with Crippen LogP contribution < -0.4 is 0 Å². The minimum absolute atomic E-state index is 0.304. The quantitative estimate of drug-likeness (QED) is 0.784. The normalized spacial score (nSPS) is 24.1. The molecule has 2 aliphatic heterocycles. The first-order chi connectivity index (χ1) is 9.11. The van der Waals surface area contributed by atoms with Crippen LogP contribution in [0.15, 0.2) is 0 Å². The van der Waals surface area contributed by atoms with Crippen molar-refractivity contribution >= 4 is 5.91 Å². The highest BCUT2D eigenvalue weighted by Crippen LogP contribution is 2.27. The highest BCUT2D eigenvalue weighted by molar-refractivity contribution is 5.79. The van der Waals surface area contributed by atoms with Gasteiger partial charge in [0.25, 0.3) is 0 Å². The van der Waals surface area contributed by atoms with E-state index in [9.17, 15) is 4.79 Å². The fourth-order valence-corrected chi connectivity index (χ4v) is 3.54. The Kier molecular flexibility index (Phi) is 5.26. The predicted octanol–water partition coefficient (Wildman–Crippen LogP) is 2.61. The molecular formula is C16H30N2O. The molecule has 0 aromatic carbocycles. The molecule has 1 amide bonds. The van der Waals surface area contributed by atoms with Gasteiger partial charge >= 0.3 is 0 Å². The first-order valence-electron chi connectivity index (χ1n) is 8.13. The van der Waals surface area contributed by atoms with Gasteiger partial charge in [-0.2, -0.15) is 0 Å². The van der Waals surface area contributed by atoms with Gasteiger partial charge in [0.2, 0.25) is 5.91 Å². The zero-order valence-electron chi connectivity index (χ0n) is 12.9. The van der Waals surface area contributed by atoms with E-state index in [0.29, 0.717) is 11.8 Å². The van der Waals surface area contributed by atoms with E-state index >= 15 is 0 Å². The number of carbonyl (C=O) groups is 1. The number of rotatable bonds is 3. The van der Waals surface area contributed by atoms with Crippen LogP contribution in [0, 0.1) is 17.8 Å². The van der Waals surface area contributed by atoms with Crippen LogP contribution in [-0.2, 0) is 4.79 Å². The Morgan fingerprint density at radius 1 is 1.05 bits per heavy atom. The summed E-state index contributed by atoms with van der Waals surface area (Å²) in [6.45, 7) is 12.2. The molecule has 2 aliphatic rings. The van der Waals surface area contributed by atoms with Crippen molar-refractivity contribution in [2.45, 2.75) is 46.5 Å². The van der Waals surface area contributed by atoms with Crippen LogP contribution in [-0.4, -0.2) is 48.4 Å². The second-order valence-electron chi connectivity index (χ2n) is 6.62. The summed E-state index contributed by atoms with van der Waals surface area (Å²) in [6.07, 6.45) is 4.54. The molecule has 3 heteroatoms. The third-order valence-electron chi connectivity index (χ3n) is 5.18. The second kappa shape index (κ2) is 6.74. The van der Waals surface area contributed by atoms with Gasteiger partial charge in [0.05, 0.1) is 0 Å². The van der Waals surface area contributed by atoms with Crippen LogP contribution in [0.4, 0.5) is 0 Å². The first kappa shape index (κ1) is 14.8. The molecule has 0 aromatic heterocycles. The fourth-order valence-electron chi connectivity index (χ4n) is 3.54. The van der Waals surface area contributed by atoms with Crippen LogP contribution in [0.5, 0.6) is 0 Å². The molecule has 0 aliphatic carbocycles. The second-order valence-corrected chi connectivity index (χ2v) is 6.62. The molecule has 0 aromatic rings. The van der Waals surface area contributed by atoms with E-state index < -0.39 is 0 Å². The maximum Gasteiger partial charge on any atom is 0.225 e. The third kappa shape index (κ3) is 3.71. The van der Waals surface area contributed by atoms with E-state index in [1.54, 1.807) is 0 Å². The van der Waals surface area contributed by atoms with E-state index in [4.69, 9.17) is 0 Å². The Balaban J connectivity index is 1.78. The van der Waals surface area contributed by atoms with Gasteiger partial charge in [-0.3, -0.25) is 4.79 Å². The maximum absolute atomic E-state index is 12.5. The molecule has 0 bridgehead atoms. The summed E-state index contributed by atoms with van der Waals surface area (Å²) in [6, 6.07) is 0. The summed E-state index contributed by atoms with van der Waals surface area (Å²) < 4.78 is 0. The molecule has 2 fully saturated rings. The van der Waals surface area contributed by atoms with E-state index in [1.165, 1.54) is 12.8 Å². The lowest BCUT2D eigenvalue weighted by atomic mass is 9.86. The van der Waals surface area contributed by atoms with Crippen LogP contribution in [0.1, 0.15) is 46.5 Å². The number of nitrogens with zero attached hydrogens (tertiary/aromatic N) is 2. The SMILES string of the molecule is CCN1CCC(C(=O)N2CCC(C(C)C)CC2)CC1. The molecular weight excluding hydrogens is 236 g/mol. The van der Waals surface area contributed by atoms with Crippen molar-refractivity contribution in [2.24, 2.45) is 17.8 Å². The third-order valence-corrected chi connectivity index (χ3v) is 5.18. The van der Waals surface area contributed by atoms with Gasteiger partial charge in [-0.25, -0.2) is 0 Å². The monoisotopic (exact) mass is 266 g/mol. The number of piperidine rings is 2. The number of hydrogen-bond donors (Lipinski definition) is 0. The average molecular weight is 266 g/mol. The number of hydrogen-bond acceptors (Lipinski definition) is 2. The molecule has 0 radical (unpaired) electrons. The zero-order valence-corrected chi connectivity index (χ0v) is 12.9. The number of amides is 1. The first-order valence-corrected chi connectivity index (χ1v) is 8.13. The van der Waals surface area contributed by atoms with Gasteiger partial charge in [-0.1, -0.05) is 20.8 Å². The lowest BCUT2D eigenvalue weighted by Gasteiger charge is -2.38. The van der Waals surface area contributed by atoms with Gasteiger partial charge < -0.3 is 9.80 Å². The van der Waals surface area contributed by atoms with Gasteiger partial charge in [0, 0.05) is 19.0 Å². The Labute approximate surface area is 118 Å². The van der Waals surface area contributed by atoms with Gasteiger partial charge in [-0.15, -0.1) is 0 Å². The molecule has 0 N–H and O–H groups in total. The van der Waals surface area contributed by atoms with Crippen molar-refractivity contribution in [2.75, 3.05) is 32.7 Å². The van der Waals surface area contributed by atoms with Crippen molar-refractivity contribution in [3.8, 4) is 0 Å². The van der Waals surface area contributed by atoms with Crippen molar-refractivity contribution < 1.29 is 4.79 Å². The van der Waals surface area contributed by atoms with E-state index in [-0.39, 0.29) is 0 Å². The lowest BCUT2D eigenvalue weighted by molar-refractivity contribution is -0.138. The molecule has 19 heavy (non-hydrogen) atoms. The average Bonchev–Trinajstić information content (AvgIpc) is 2.46. The number of likely N-dealkylation sites (tertiary alicyclic amines) is 2. The smallest absolute Gasteiger partial charge is 0.225 e. The standard InChI is InChI=1S/C16H30N2O/c1-4-17-9-5-15(6-10-17)16(19)18-11-7-14(8-12-18)13(2)3/h13-15H,4-12H2,1-3H3. The summed E-state index contributed by atoms with van der Waals surface area (Å²) in [5.74, 6) is 2.34. The minimum Gasteiger partial charge on any atom is -0.342 e. The fraction of sp³-hybridized carbons (Fsp3) is 0.938. The van der Waals surface area contributed by atoms with Crippen LogP contribution in [0.25, 0.3) is 0 Å². The van der Waals surface area contributed by atoms with Gasteiger partial charge in [0.1, 0.15) is 0 Å². The maximum atomic E-state index is 12.5. The Morgan fingerprint density at radius 3 is 2.11 bits per heavy atom. The highest BCUT2D eigenvalue weighted by atomic mass is 16.2. The molecule has 0 unspecified atom stereocenters. The molecule has 2 rings (SSSR count). The Morgan fingerprint density at radius 2 is 1.63 bits per heavy atom. The summed E-state index contributed by atoms with van der Waals surface area (Å²) >= 11 is 0. The predicted molar refractivity (Wildman–Crippen MR) is 79.0 cm³/mol. The molecule has 0 spiro atoms. The Hall–Kier alpha value is -0.570. The van der Waals surface area contributed by atoms with Crippen LogP contribution in [0.3, 0.4) is 0 Å². The van der Waals surface area contributed by atoms with E-state index in [1.807, 2.05) is 0 Å². The summed E-state index contributed by atoms with van der Waals surface area (Å²) in [7, 11) is 0. The van der Waals surface area contributed by atoms with Crippen molar-refractivity contribution in [3.05, 3.63) is 0 Å². The lowest BCUT2D eigenvalue weighted by Crippen LogP contribution is -2.45. The molecule has 0 saturated carbocycles. The van der Waals surface area contributed by atoms with Crippen LogP contribution in [0.2, 0.25) is 0 Å². The van der Waals surface area contributed by atoms with Crippen molar-refractivity contribution in [3.63, 3.8) is 0 Å². The molecule has 110 valence electrons. The summed E-state index contributed by atoms with van der Waals surface area (Å²) in [5.41, 5.74) is 0. The summed E-state index contributed by atoms with van der Waals surface area (Å²) in [5, 5.41) is 0. The Bertz CT molecular complexity index is 287.